The molecule has 0 bridgehead atoms. The van der Waals surface area contributed by atoms with E-state index in [-0.39, 0.29) is 5.76 Å². The fraction of sp³-hybridized carbons (Fsp3) is 0.385. The van der Waals surface area contributed by atoms with Crippen molar-refractivity contribution in [3.05, 3.63) is 40.6 Å². The van der Waals surface area contributed by atoms with Gasteiger partial charge in [0.1, 0.15) is 5.76 Å². The second-order valence-corrected chi connectivity index (χ2v) is 4.51. The molecule has 0 saturated carbocycles. The summed E-state index contributed by atoms with van der Waals surface area (Å²) in [7, 11) is 1.90. The maximum atomic E-state index is 10.9. The third-order valence-electron chi connectivity index (χ3n) is 3.11. The van der Waals surface area contributed by atoms with Gasteiger partial charge in [0.15, 0.2) is 0 Å². The molecule has 0 aliphatic heterocycles. The van der Waals surface area contributed by atoms with Gasteiger partial charge < -0.3 is 14.8 Å². The van der Waals surface area contributed by atoms with Crippen molar-refractivity contribution in [1.82, 2.24) is 15.1 Å². The molecule has 0 fully saturated rings. The molecule has 19 heavy (non-hydrogen) atoms. The summed E-state index contributed by atoms with van der Waals surface area (Å²) in [6.07, 6.45) is 1.82. The van der Waals surface area contributed by atoms with Crippen LogP contribution in [0, 0.1) is 13.8 Å². The molecule has 2 heterocycles. The highest BCUT2D eigenvalue weighted by atomic mass is 16.4. The summed E-state index contributed by atoms with van der Waals surface area (Å²) in [5.74, 6) is -0.405. The third-order valence-corrected chi connectivity index (χ3v) is 3.11. The first-order valence-electron chi connectivity index (χ1n) is 6.00. The van der Waals surface area contributed by atoms with Gasteiger partial charge in [0.2, 0.25) is 5.76 Å². The fourth-order valence-corrected chi connectivity index (χ4v) is 1.89. The van der Waals surface area contributed by atoms with E-state index in [1.807, 2.05) is 24.9 Å². The van der Waals surface area contributed by atoms with Crippen LogP contribution >= 0.6 is 0 Å². The SMILES string of the molecule is Cc1cc(CNCc2cnn(C)c2C)oc1C(=O)O. The predicted molar refractivity (Wildman–Crippen MR) is 68.9 cm³/mol. The number of hydrogen-bond acceptors (Lipinski definition) is 4. The average Bonchev–Trinajstić information content (AvgIpc) is 2.86. The molecule has 0 aromatic carbocycles. The quantitative estimate of drug-likeness (QED) is 0.856. The number of carbonyl (C=O) groups is 1. The topological polar surface area (TPSA) is 80.3 Å². The number of furan rings is 1. The van der Waals surface area contributed by atoms with Gasteiger partial charge in [-0.3, -0.25) is 4.68 Å². The minimum Gasteiger partial charge on any atom is -0.475 e. The van der Waals surface area contributed by atoms with E-state index in [1.165, 1.54) is 0 Å². The van der Waals surface area contributed by atoms with Crippen molar-refractivity contribution in [3.63, 3.8) is 0 Å². The lowest BCUT2D eigenvalue weighted by molar-refractivity contribution is 0.0659. The van der Waals surface area contributed by atoms with Crippen LogP contribution in [0.3, 0.4) is 0 Å². The molecule has 6 heteroatoms. The van der Waals surface area contributed by atoms with Crippen molar-refractivity contribution in [3.8, 4) is 0 Å². The van der Waals surface area contributed by atoms with Crippen molar-refractivity contribution in [2.75, 3.05) is 0 Å². The van der Waals surface area contributed by atoms with Gasteiger partial charge in [-0.25, -0.2) is 4.79 Å². The Labute approximate surface area is 111 Å². The highest BCUT2D eigenvalue weighted by Crippen LogP contribution is 2.14. The summed E-state index contributed by atoms with van der Waals surface area (Å²) in [4.78, 5) is 10.9. The number of nitrogens with one attached hydrogen (secondary N) is 1. The molecule has 0 saturated heterocycles. The smallest absolute Gasteiger partial charge is 0.372 e. The van der Waals surface area contributed by atoms with Crippen molar-refractivity contribution < 1.29 is 14.3 Å². The minimum atomic E-state index is -1.04. The second-order valence-electron chi connectivity index (χ2n) is 4.51. The minimum absolute atomic E-state index is 0.00867. The lowest BCUT2D eigenvalue weighted by Gasteiger charge is -2.02. The van der Waals surface area contributed by atoms with Crippen molar-refractivity contribution in [1.29, 1.82) is 0 Å². The van der Waals surface area contributed by atoms with E-state index >= 15 is 0 Å². The summed E-state index contributed by atoms with van der Waals surface area (Å²) in [6, 6.07) is 1.74. The summed E-state index contributed by atoms with van der Waals surface area (Å²) < 4.78 is 7.08. The van der Waals surface area contributed by atoms with Gasteiger partial charge >= 0.3 is 5.97 Å². The molecule has 2 rings (SSSR count). The number of aryl methyl sites for hydroxylation is 2. The van der Waals surface area contributed by atoms with E-state index in [4.69, 9.17) is 9.52 Å². The fourth-order valence-electron chi connectivity index (χ4n) is 1.89. The first kappa shape index (κ1) is 13.4. The first-order chi connectivity index (χ1) is 8.99. The maximum Gasteiger partial charge on any atom is 0.372 e. The molecule has 0 amide bonds. The molecule has 2 aromatic rings. The zero-order valence-corrected chi connectivity index (χ0v) is 11.2. The van der Waals surface area contributed by atoms with Gasteiger partial charge in [-0.1, -0.05) is 0 Å². The molecular weight excluding hydrogens is 246 g/mol. The highest BCUT2D eigenvalue weighted by molar-refractivity contribution is 5.86. The summed E-state index contributed by atoms with van der Waals surface area (Å²) in [6.45, 7) is 4.88. The van der Waals surface area contributed by atoms with E-state index in [2.05, 4.69) is 10.4 Å². The van der Waals surface area contributed by atoms with Crippen LogP contribution in [-0.4, -0.2) is 20.9 Å². The molecule has 2 N–H and O–H groups in total. The number of hydrogen-bond donors (Lipinski definition) is 2. The van der Waals surface area contributed by atoms with Gasteiger partial charge in [-0.05, 0) is 19.9 Å². The second kappa shape index (κ2) is 5.27. The Hall–Kier alpha value is -2.08. The molecule has 0 spiro atoms. The summed E-state index contributed by atoms with van der Waals surface area (Å²) in [5, 5.41) is 16.3. The average molecular weight is 263 g/mol. The lowest BCUT2D eigenvalue weighted by Crippen LogP contribution is -2.12. The Kier molecular flexibility index (Phi) is 3.71. The van der Waals surface area contributed by atoms with Crippen LogP contribution < -0.4 is 5.32 Å². The Morgan fingerprint density at radius 1 is 1.47 bits per heavy atom. The maximum absolute atomic E-state index is 10.9. The van der Waals surface area contributed by atoms with Gasteiger partial charge in [0.05, 0.1) is 12.7 Å². The number of aromatic nitrogens is 2. The zero-order chi connectivity index (χ0) is 14.0. The third kappa shape index (κ3) is 2.85. The van der Waals surface area contributed by atoms with Gasteiger partial charge in [-0.2, -0.15) is 5.10 Å². The Morgan fingerprint density at radius 3 is 2.74 bits per heavy atom. The molecule has 102 valence electrons. The standard InChI is InChI=1S/C13H17N3O3/c1-8-4-11(19-12(8)13(17)18)7-14-5-10-6-15-16(3)9(10)2/h4,6,14H,5,7H2,1-3H3,(H,17,18). The van der Waals surface area contributed by atoms with E-state index in [9.17, 15) is 4.79 Å². The molecular formula is C13H17N3O3. The molecule has 0 aliphatic carbocycles. The summed E-state index contributed by atoms with van der Waals surface area (Å²) >= 11 is 0. The van der Waals surface area contributed by atoms with E-state index in [1.54, 1.807) is 13.0 Å². The van der Waals surface area contributed by atoms with Crippen molar-refractivity contribution in [2.45, 2.75) is 26.9 Å². The number of carboxylic acids is 1. The van der Waals surface area contributed by atoms with E-state index < -0.39 is 5.97 Å². The van der Waals surface area contributed by atoms with Gasteiger partial charge in [0, 0.05) is 30.4 Å². The monoisotopic (exact) mass is 263 g/mol. The number of aromatic carboxylic acids is 1. The lowest BCUT2D eigenvalue weighted by atomic mass is 10.2. The van der Waals surface area contributed by atoms with Gasteiger partial charge in [0.25, 0.3) is 0 Å². The number of carboxylic acid groups (broad SMARTS) is 1. The number of nitrogens with zero attached hydrogens (tertiary/aromatic N) is 2. The Balaban J connectivity index is 1.94. The largest absolute Gasteiger partial charge is 0.475 e. The van der Waals surface area contributed by atoms with E-state index in [0.29, 0.717) is 24.4 Å². The van der Waals surface area contributed by atoms with Crippen LogP contribution in [0.1, 0.15) is 33.1 Å². The molecule has 0 atom stereocenters. The van der Waals surface area contributed by atoms with Crippen molar-refractivity contribution >= 4 is 5.97 Å². The molecule has 6 nitrogen and oxygen atoms in total. The summed E-state index contributed by atoms with van der Waals surface area (Å²) in [5.41, 5.74) is 2.86. The van der Waals surface area contributed by atoms with Crippen LogP contribution in [0.25, 0.3) is 0 Å². The van der Waals surface area contributed by atoms with Crippen LogP contribution in [0.15, 0.2) is 16.7 Å². The molecule has 2 aromatic heterocycles. The Morgan fingerprint density at radius 2 is 2.21 bits per heavy atom. The molecule has 0 radical (unpaired) electrons. The predicted octanol–water partition coefficient (Wildman–Crippen LogP) is 1.62. The first-order valence-corrected chi connectivity index (χ1v) is 6.00. The van der Waals surface area contributed by atoms with Crippen molar-refractivity contribution in [2.24, 2.45) is 7.05 Å². The van der Waals surface area contributed by atoms with Crippen LogP contribution in [0.2, 0.25) is 0 Å². The van der Waals surface area contributed by atoms with Crippen LogP contribution in [0.5, 0.6) is 0 Å². The van der Waals surface area contributed by atoms with Crippen LogP contribution in [-0.2, 0) is 20.1 Å². The number of rotatable bonds is 5. The zero-order valence-electron chi connectivity index (χ0n) is 11.2. The van der Waals surface area contributed by atoms with Gasteiger partial charge in [-0.15, -0.1) is 0 Å². The van der Waals surface area contributed by atoms with E-state index in [0.717, 1.165) is 11.3 Å². The van der Waals surface area contributed by atoms with Crippen LogP contribution in [0.4, 0.5) is 0 Å². The Bertz CT molecular complexity index is 598. The molecule has 0 aliphatic rings. The highest BCUT2D eigenvalue weighted by Gasteiger charge is 2.14. The normalized spacial score (nSPS) is 10.9. The molecule has 0 unspecified atom stereocenters.